The third-order valence-corrected chi connectivity index (χ3v) is 5.78. The van der Waals surface area contributed by atoms with Crippen LogP contribution in [0, 0.1) is 12.7 Å². The Balaban J connectivity index is 0.000000497. The van der Waals surface area contributed by atoms with Crippen LogP contribution in [0.4, 0.5) is 4.39 Å². The first-order valence-electron chi connectivity index (χ1n) is 12.7. The zero-order chi connectivity index (χ0) is 28.5. The number of ether oxygens (including phenoxy) is 2. The second kappa shape index (κ2) is 18.2. The van der Waals surface area contributed by atoms with Crippen LogP contribution in [-0.4, -0.2) is 26.8 Å². The Hall–Kier alpha value is -3.15. The Morgan fingerprint density at radius 1 is 0.921 bits per heavy atom. The normalized spacial score (nSPS) is 11.1. The fourth-order valence-electron chi connectivity index (χ4n) is 3.52. The molecule has 0 aliphatic rings. The molecule has 0 bridgehead atoms. The fourth-order valence-corrected chi connectivity index (χ4v) is 3.72. The number of benzene rings is 3. The minimum absolute atomic E-state index is 0.160. The average molecular weight is 537 g/mol. The van der Waals surface area contributed by atoms with Crippen LogP contribution in [0.2, 0.25) is 0 Å². The monoisotopic (exact) mass is 536 g/mol. The molecule has 3 aromatic rings. The van der Waals surface area contributed by atoms with E-state index in [4.69, 9.17) is 4.74 Å². The van der Waals surface area contributed by atoms with E-state index >= 15 is 0 Å². The molecular weight excluding hydrogens is 495 g/mol. The van der Waals surface area contributed by atoms with Gasteiger partial charge in [-0.25, -0.2) is 9.18 Å². The van der Waals surface area contributed by atoms with Gasteiger partial charge in [-0.1, -0.05) is 55.0 Å². The minimum Gasteiger partial charge on any atom is -0.462 e. The van der Waals surface area contributed by atoms with Crippen molar-refractivity contribution in [1.82, 2.24) is 0 Å². The molecule has 0 aliphatic carbocycles. The average Bonchev–Trinajstić information content (AvgIpc) is 2.90. The number of carbonyl (C=O) groups is 1. The first kappa shape index (κ1) is 32.9. The molecule has 38 heavy (non-hydrogen) atoms. The van der Waals surface area contributed by atoms with E-state index in [1.165, 1.54) is 40.0 Å². The number of rotatable bonds is 7. The molecule has 0 N–H and O–H groups in total. The van der Waals surface area contributed by atoms with Gasteiger partial charge in [0, 0.05) is 19.1 Å². The molecule has 0 amide bonds. The fraction of sp³-hybridized carbons (Fsp3) is 0.303. The van der Waals surface area contributed by atoms with E-state index in [-0.39, 0.29) is 11.8 Å². The minimum atomic E-state index is -0.270. The lowest BCUT2D eigenvalue weighted by molar-refractivity contribution is 0.0526. The summed E-state index contributed by atoms with van der Waals surface area (Å²) < 4.78 is 21.5. The summed E-state index contributed by atoms with van der Waals surface area (Å²) in [5.74, 6) is -0.430. The van der Waals surface area contributed by atoms with Crippen molar-refractivity contribution in [3.63, 3.8) is 0 Å². The predicted octanol–water partition coefficient (Wildman–Crippen LogP) is 8.70. The van der Waals surface area contributed by atoms with Gasteiger partial charge in [0.1, 0.15) is 5.82 Å². The van der Waals surface area contributed by atoms with E-state index in [0.717, 1.165) is 23.3 Å². The molecule has 5 heteroatoms. The second-order valence-electron chi connectivity index (χ2n) is 8.85. The van der Waals surface area contributed by atoms with Crippen LogP contribution < -0.4 is 0 Å². The van der Waals surface area contributed by atoms with Gasteiger partial charge >= 0.3 is 5.97 Å². The van der Waals surface area contributed by atoms with Gasteiger partial charge in [0.15, 0.2) is 0 Å². The molecule has 0 atom stereocenters. The van der Waals surface area contributed by atoms with E-state index in [9.17, 15) is 9.18 Å². The first-order chi connectivity index (χ1) is 18.1. The second-order valence-corrected chi connectivity index (χ2v) is 9.36. The van der Waals surface area contributed by atoms with Crippen molar-refractivity contribution in [1.29, 1.82) is 0 Å². The van der Waals surface area contributed by atoms with Crippen LogP contribution >= 0.6 is 12.6 Å². The third kappa shape index (κ3) is 12.4. The maximum absolute atomic E-state index is 12.2. The number of aryl methyl sites for hydroxylation is 2. The molecule has 0 radical (unpaired) electrons. The third-order valence-electron chi connectivity index (χ3n) is 5.51. The van der Waals surface area contributed by atoms with E-state index in [1.54, 1.807) is 32.4 Å². The van der Waals surface area contributed by atoms with E-state index in [0.29, 0.717) is 12.2 Å². The predicted molar refractivity (Wildman–Crippen MR) is 161 cm³/mol. The first-order valence-corrected chi connectivity index (χ1v) is 13.1. The zero-order valence-electron chi connectivity index (χ0n) is 23.7. The van der Waals surface area contributed by atoms with Crippen LogP contribution in [0.1, 0.15) is 60.3 Å². The number of hydrogen-bond donors (Lipinski definition) is 1. The van der Waals surface area contributed by atoms with Crippen molar-refractivity contribution in [2.45, 2.75) is 52.4 Å². The standard InChI is InChI=1S/C23H26O2S.C8H9F.C2H6O/c1-5-25-23(24)20-8-6-7-19(14-20)13-16(2)9-10-17(3)22-15-21(26)12-11-18(22)4;1-2-7-3-5-8(9)6-4-7;1-3-2/h6-12,14-15,26H,5,13H2,1-4H3;3-6H,2H2,1H3;1-2H3/b16-9-,17-10+;;. The largest absolute Gasteiger partial charge is 0.462 e. The smallest absolute Gasteiger partial charge is 0.338 e. The van der Waals surface area contributed by atoms with Crippen molar-refractivity contribution >= 4 is 24.2 Å². The molecule has 0 saturated heterocycles. The maximum Gasteiger partial charge on any atom is 0.338 e. The van der Waals surface area contributed by atoms with Crippen LogP contribution in [0.3, 0.4) is 0 Å². The lowest BCUT2D eigenvalue weighted by Crippen LogP contribution is -2.05. The van der Waals surface area contributed by atoms with Crippen molar-refractivity contribution in [3.8, 4) is 0 Å². The lowest BCUT2D eigenvalue weighted by atomic mass is 10.00. The molecule has 3 rings (SSSR count). The van der Waals surface area contributed by atoms with Gasteiger partial charge in [0.25, 0.3) is 0 Å². The molecule has 0 spiro atoms. The molecule has 0 aliphatic heterocycles. The van der Waals surface area contributed by atoms with Gasteiger partial charge in [-0.2, -0.15) is 0 Å². The number of hydrogen-bond acceptors (Lipinski definition) is 4. The molecule has 0 unspecified atom stereocenters. The molecule has 0 heterocycles. The highest BCUT2D eigenvalue weighted by atomic mass is 32.1. The Labute approximate surface area is 233 Å². The van der Waals surface area contributed by atoms with Crippen molar-refractivity contribution in [2.75, 3.05) is 20.8 Å². The summed E-state index contributed by atoms with van der Waals surface area (Å²) in [6, 6.07) is 20.4. The number of thiol groups is 1. The quantitative estimate of drug-likeness (QED) is 0.186. The van der Waals surface area contributed by atoms with E-state index in [1.807, 2.05) is 38.1 Å². The van der Waals surface area contributed by atoms with Gasteiger partial charge in [0.05, 0.1) is 12.2 Å². The number of allylic oxidation sites excluding steroid dienone is 4. The highest BCUT2D eigenvalue weighted by molar-refractivity contribution is 7.80. The molecule has 3 nitrogen and oxygen atoms in total. The molecular formula is C33H41FO3S. The van der Waals surface area contributed by atoms with Gasteiger partial charge in [-0.3, -0.25) is 0 Å². The molecule has 0 saturated carbocycles. The number of esters is 1. The van der Waals surface area contributed by atoms with Crippen LogP contribution in [-0.2, 0) is 22.3 Å². The lowest BCUT2D eigenvalue weighted by Gasteiger charge is -2.07. The number of halogens is 1. The summed E-state index contributed by atoms with van der Waals surface area (Å²) in [4.78, 5) is 12.8. The van der Waals surface area contributed by atoms with Gasteiger partial charge < -0.3 is 9.47 Å². The molecule has 0 aromatic heterocycles. The summed E-state index contributed by atoms with van der Waals surface area (Å²) >= 11 is 4.43. The van der Waals surface area contributed by atoms with Crippen molar-refractivity contribution < 1.29 is 18.7 Å². The molecule has 0 fully saturated rings. The Kier molecular flexibility index (Phi) is 15.7. The van der Waals surface area contributed by atoms with Gasteiger partial charge in [-0.15, -0.1) is 12.6 Å². The van der Waals surface area contributed by atoms with Crippen LogP contribution in [0.5, 0.6) is 0 Å². The maximum atomic E-state index is 12.2. The van der Waals surface area contributed by atoms with E-state index < -0.39 is 0 Å². The number of methoxy groups -OCH3 is 1. The summed E-state index contributed by atoms with van der Waals surface area (Å²) in [5, 5.41) is 0. The summed E-state index contributed by atoms with van der Waals surface area (Å²) in [6.07, 6.45) is 6.04. The van der Waals surface area contributed by atoms with Gasteiger partial charge in [0.2, 0.25) is 0 Å². The Bertz CT molecular complexity index is 1200. The molecule has 3 aromatic carbocycles. The molecule has 204 valence electrons. The topological polar surface area (TPSA) is 35.5 Å². The SMILES string of the molecule is CCOC(=O)c1cccc(C/C(C)=C\C=C(/C)c2cc(S)ccc2C)c1.CCc1ccc(F)cc1.COC. The summed E-state index contributed by atoms with van der Waals surface area (Å²) in [6.45, 7) is 10.6. The Morgan fingerprint density at radius 2 is 1.58 bits per heavy atom. The van der Waals surface area contributed by atoms with Crippen LogP contribution in [0.25, 0.3) is 5.57 Å². The highest BCUT2D eigenvalue weighted by Crippen LogP contribution is 2.22. The van der Waals surface area contributed by atoms with Crippen molar-refractivity contribution in [3.05, 3.63) is 118 Å². The Morgan fingerprint density at radius 3 is 2.18 bits per heavy atom. The van der Waals surface area contributed by atoms with Gasteiger partial charge in [-0.05, 0) is 105 Å². The van der Waals surface area contributed by atoms with E-state index in [2.05, 4.69) is 62.4 Å². The number of carbonyl (C=O) groups excluding carboxylic acids is 1. The highest BCUT2D eigenvalue weighted by Gasteiger charge is 2.07. The van der Waals surface area contributed by atoms with Crippen LogP contribution in [0.15, 0.2) is 89.4 Å². The zero-order valence-corrected chi connectivity index (χ0v) is 24.6. The summed E-state index contributed by atoms with van der Waals surface area (Å²) in [5.41, 5.74) is 7.77. The summed E-state index contributed by atoms with van der Waals surface area (Å²) in [7, 11) is 3.25. The van der Waals surface area contributed by atoms with Crippen molar-refractivity contribution in [2.24, 2.45) is 0 Å².